The van der Waals surface area contributed by atoms with Gasteiger partial charge in [-0.25, -0.2) is 4.98 Å². The van der Waals surface area contributed by atoms with Crippen LogP contribution in [0.1, 0.15) is 0 Å². The Morgan fingerprint density at radius 2 is 1.85 bits per heavy atom. The predicted octanol–water partition coefficient (Wildman–Crippen LogP) is 3.88. The molecule has 0 radical (unpaired) electrons. The van der Waals surface area contributed by atoms with Crippen LogP contribution in [0.25, 0.3) is 32.7 Å². The molecule has 0 aliphatic carbocycles. The highest BCUT2D eigenvalue weighted by molar-refractivity contribution is 6.35. The summed E-state index contributed by atoms with van der Waals surface area (Å²) in [4.78, 5) is 19.7. The van der Waals surface area contributed by atoms with E-state index in [4.69, 9.17) is 11.6 Å². The summed E-state index contributed by atoms with van der Waals surface area (Å²) in [6.07, 6.45) is 0. The number of benzene rings is 2. The number of nitrogens with zero attached hydrogens (tertiary/aromatic N) is 1. The Hall–Kier alpha value is -2.39. The van der Waals surface area contributed by atoms with Crippen LogP contribution in [0.4, 0.5) is 0 Å². The molecule has 0 spiro atoms. The third-order valence-electron chi connectivity index (χ3n) is 3.48. The second-order valence-electron chi connectivity index (χ2n) is 4.69. The SMILES string of the molecule is O=c1[nH]c2c(Cl)cccc2c2nc3ccccc3cc12. The molecule has 2 aromatic carbocycles. The number of pyridine rings is 2. The van der Waals surface area contributed by atoms with E-state index in [1.54, 1.807) is 6.07 Å². The molecular weight excluding hydrogens is 272 g/mol. The largest absolute Gasteiger partial charge is 0.320 e. The Balaban J connectivity index is 2.34. The van der Waals surface area contributed by atoms with Crippen LogP contribution in [0.2, 0.25) is 5.02 Å². The van der Waals surface area contributed by atoms with Gasteiger partial charge < -0.3 is 4.98 Å². The monoisotopic (exact) mass is 280 g/mol. The summed E-state index contributed by atoms with van der Waals surface area (Å²) >= 11 is 6.15. The summed E-state index contributed by atoms with van der Waals surface area (Å²) in [6.45, 7) is 0. The maximum Gasteiger partial charge on any atom is 0.257 e. The van der Waals surface area contributed by atoms with Gasteiger partial charge in [-0.15, -0.1) is 0 Å². The zero-order valence-electron chi connectivity index (χ0n) is 10.4. The van der Waals surface area contributed by atoms with Crippen molar-refractivity contribution >= 4 is 44.3 Å². The molecule has 1 N–H and O–H groups in total. The molecule has 4 aromatic rings. The quantitative estimate of drug-likeness (QED) is 0.392. The van der Waals surface area contributed by atoms with E-state index < -0.39 is 0 Å². The van der Waals surface area contributed by atoms with Crippen molar-refractivity contribution in [1.82, 2.24) is 9.97 Å². The van der Waals surface area contributed by atoms with Crippen molar-refractivity contribution in [3.05, 3.63) is 63.9 Å². The molecule has 0 bridgehead atoms. The molecular formula is C16H9ClN2O. The van der Waals surface area contributed by atoms with Crippen molar-refractivity contribution in [2.75, 3.05) is 0 Å². The Labute approximate surface area is 118 Å². The zero-order chi connectivity index (χ0) is 13.7. The number of rotatable bonds is 0. The van der Waals surface area contributed by atoms with Crippen LogP contribution < -0.4 is 5.56 Å². The lowest BCUT2D eigenvalue weighted by Crippen LogP contribution is -2.07. The first-order chi connectivity index (χ1) is 9.74. The molecule has 0 aliphatic rings. The molecule has 2 aromatic heterocycles. The first-order valence-corrected chi connectivity index (χ1v) is 6.62. The Kier molecular flexibility index (Phi) is 2.32. The fraction of sp³-hybridized carbons (Fsp3) is 0. The van der Waals surface area contributed by atoms with Crippen molar-refractivity contribution < 1.29 is 0 Å². The molecule has 0 unspecified atom stereocenters. The predicted molar refractivity (Wildman–Crippen MR) is 82.4 cm³/mol. The van der Waals surface area contributed by atoms with Crippen molar-refractivity contribution in [2.45, 2.75) is 0 Å². The number of hydrogen-bond donors (Lipinski definition) is 1. The van der Waals surface area contributed by atoms with Gasteiger partial charge in [-0.1, -0.05) is 41.9 Å². The average Bonchev–Trinajstić information content (AvgIpc) is 2.47. The van der Waals surface area contributed by atoms with E-state index in [-0.39, 0.29) is 5.56 Å². The van der Waals surface area contributed by atoms with E-state index >= 15 is 0 Å². The lowest BCUT2D eigenvalue weighted by Gasteiger charge is -2.06. The second kappa shape index (κ2) is 4.05. The van der Waals surface area contributed by atoms with E-state index in [1.165, 1.54) is 0 Å². The van der Waals surface area contributed by atoms with Crippen LogP contribution in [0.5, 0.6) is 0 Å². The number of nitrogens with one attached hydrogen (secondary N) is 1. The van der Waals surface area contributed by atoms with Crippen molar-refractivity contribution in [2.24, 2.45) is 0 Å². The van der Waals surface area contributed by atoms with E-state index in [2.05, 4.69) is 9.97 Å². The standard InChI is InChI=1S/C16H9ClN2O/c17-12-6-3-5-10-14-11(16(20)19-15(10)12)8-9-4-1-2-7-13(9)18-14/h1-8H,(H,19,20). The summed E-state index contributed by atoms with van der Waals surface area (Å²) in [6, 6.07) is 15.2. The summed E-state index contributed by atoms with van der Waals surface area (Å²) in [5, 5.41) is 2.92. The van der Waals surface area contributed by atoms with Crippen LogP contribution in [0.15, 0.2) is 53.3 Å². The molecule has 0 fully saturated rings. The van der Waals surface area contributed by atoms with Gasteiger partial charge >= 0.3 is 0 Å². The highest BCUT2D eigenvalue weighted by Gasteiger charge is 2.09. The number of para-hydroxylation sites is 2. The summed E-state index contributed by atoms with van der Waals surface area (Å²) in [5.74, 6) is 0. The van der Waals surface area contributed by atoms with E-state index in [1.807, 2.05) is 42.5 Å². The molecule has 20 heavy (non-hydrogen) atoms. The van der Waals surface area contributed by atoms with E-state index in [9.17, 15) is 4.79 Å². The van der Waals surface area contributed by atoms with Gasteiger partial charge in [0.15, 0.2) is 0 Å². The maximum absolute atomic E-state index is 12.2. The molecule has 0 saturated heterocycles. The van der Waals surface area contributed by atoms with Crippen LogP contribution in [-0.2, 0) is 0 Å². The fourth-order valence-electron chi connectivity index (χ4n) is 2.52. The zero-order valence-corrected chi connectivity index (χ0v) is 11.1. The summed E-state index contributed by atoms with van der Waals surface area (Å²) in [5.41, 5.74) is 2.02. The number of aromatic amines is 1. The smallest absolute Gasteiger partial charge is 0.257 e. The van der Waals surface area contributed by atoms with Gasteiger partial charge in [-0.05, 0) is 18.2 Å². The van der Waals surface area contributed by atoms with Gasteiger partial charge in [0.05, 0.1) is 27.0 Å². The summed E-state index contributed by atoms with van der Waals surface area (Å²) < 4.78 is 0. The lowest BCUT2D eigenvalue weighted by molar-refractivity contribution is 1.33. The Morgan fingerprint density at radius 3 is 2.75 bits per heavy atom. The minimum Gasteiger partial charge on any atom is -0.320 e. The molecule has 0 saturated carbocycles. The Morgan fingerprint density at radius 1 is 1.00 bits per heavy atom. The topological polar surface area (TPSA) is 45.8 Å². The van der Waals surface area contributed by atoms with Crippen LogP contribution in [0.3, 0.4) is 0 Å². The van der Waals surface area contributed by atoms with Crippen molar-refractivity contribution in [1.29, 1.82) is 0 Å². The molecule has 4 heteroatoms. The van der Waals surface area contributed by atoms with Gasteiger partial charge in [-0.2, -0.15) is 0 Å². The maximum atomic E-state index is 12.2. The number of H-pyrrole nitrogens is 1. The lowest BCUT2D eigenvalue weighted by atomic mass is 10.1. The number of aromatic nitrogens is 2. The highest BCUT2D eigenvalue weighted by Crippen LogP contribution is 2.27. The van der Waals surface area contributed by atoms with Crippen LogP contribution in [-0.4, -0.2) is 9.97 Å². The molecule has 3 nitrogen and oxygen atoms in total. The second-order valence-corrected chi connectivity index (χ2v) is 5.10. The van der Waals surface area contributed by atoms with Gasteiger partial charge in [0.1, 0.15) is 0 Å². The third kappa shape index (κ3) is 1.53. The minimum absolute atomic E-state index is 0.168. The molecule has 0 amide bonds. The molecule has 2 heterocycles. The van der Waals surface area contributed by atoms with Gasteiger partial charge in [0, 0.05) is 10.8 Å². The fourth-order valence-corrected chi connectivity index (χ4v) is 2.75. The first kappa shape index (κ1) is 11.4. The molecule has 0 aliphatic heterocycles. The first-order valence-electron chi connectivity index (χ1n) is 6.24. The number of hydrogen-bond acceptors (Lipinski definition) is 2. The van der Waals surface area contributed by atoms with Crippen molar-refractivity contribution in [3.63, 3.8) is 0 Å². The minimum atomic E-state index is -0.168. The number of fused-ring (bicyclic) bond motifs is 4. The normalized spacial score (nSPS) is 11.4. The van der Waals surface area contributed by atoms with E-state index in [0.29, 0.717) is 21.4 Å². The van der Waals surface area contributed by atoms with Gasteiger partial charge in [0.2, 0.25) is 0 Å². The van der Waals surface area contributed by atoms with Crippen molar-refractivity contribution in [3.8, 4) is 0 Å². The number of halogens is 1. The molecule has 96 valence electrons. The highest BCUT2D eigenvalue weighted by atomic mass is 35.5. The average molecular weight is 281 g/mol. The van der Waals surface area contributed by atoms with Gasteiger partial charge in [0.25, 0.3) is 5.56 Å². The molecule has 0 atom stereocenters. The Bertz CT molecular complexity index is 1040. The summed E-state index contributed by atoms with van der Waals surface area (Å²) in [7, 11) is 0. The van der Waals surface area contributed by atoms with Gasteiger partial charge in [-0.3, -0.25) is 4.79 Å². The molecule has 4 rings (SSSR count). The van der Waals surface area contributed by atoms with E-state index in [0.717, 1.165) is 16.3 Å². The van der Waals surface area contributed by atoms with Crippen LogP contribution in [0, 0.1) is 0 Å². The third-order valence-corrected chi connectivity index (χ3v) is 3.79. The van der Waals surface area contributed by atoms with Crippen LogP contribution >= 0.6 is 11.6 Å².